The fraction of sp³-hybridized carbons (Fsp3) is 0.600. The van der Waals surface area contributed by atoms with E-state index in [-0.39, 0.29) is 18.4 Å². The highest BCUT2D eigenvalue weighted by Gasteiger charge is 2.14. The highest BCUT2D eigenvalue weighted by atomic mass is 35.5. The van der Waals surface area contributed by atoms with Crippen LogP contribution in [0.15, 0.2) is 18.3 Å². The van der Waals surface area contributed by atoms with Crippen LogP contribution >= 0.6 is 12.4 Å². The van der Waals surface area contributed by atoms with E-state index in [1.165, 1.54) is 5.69 Å². The van der Waals surface area contributed by atoms with Gasteiger partial charge in [0.05, 0.1) is 0 Å². The van der Waals surface area contributed by atoms with Crippen LogP contribution in [0.3, 0.4) is 0 Å². The van der Waals surface area contributed by atoms with Crippen molar-refractivity contribution in [1.82, 2.24) is 4.57 Å². The average Bonchev–Trinajstić information content (AvgIpc) is 2.48. The molecule has 13 heavy (non-hydrogen) atoms. The molecule has 1 rings (SSSR count). The van der Waals surface area contributed by atoms with E-state index >= 15 is 0 Å². The minimum absolute atomic E-state index is 0. The van der Waals surface area contributed by atoms with E-state index in [9.17, 15) is 0 Å². The molecule has 0 aromatic carbocycles. The summed E-state index contributed by atoms with van der Waals surface area (Å²) >= 11 is 0. The Bertz CT molecular complexity index is 245. The molecule has 2 N–H and O–H groups in total. The number of hydrogen-bond acceptors (Lipinski definition) is 1. The molecule has 0 radical (unpaired) electrons. The van der Waals surface area contributed by atoms with Crippen molar-refractivity contribution in [2.45, 2.75) is 26.3 Å². The second-order valence-corrected chi connectivity index (χ2v) is 3.46. The highest BCUT2D eigenvalue weighted by molar-refractivity contribution is 5.85. The third kappa shape index (κ3) is 2.75. The maximum absolute atomic E-state index is 6.07. The van der Waals surface area contributed by atoms with Gasteiger partial charge < -0.3 is 10.3 Å². The van der Waals surface area contributed by atoms with Crippen LogP contribution in [-0.2, 0) is 7.05 Å². The Kier molecular flexibility index (Phi) is 5.11. The smallest absolute Gasteiger partial charge is 0.0475 e. The van der Waals surface area contributed by atoms with Crippen LogP contribution in [0.4, 0.5) is 0 Å². The van der Waals surface area contributed by atoms with Gasteiger partial charge in [0.2, 0.25) is 0 Å². The molecule has 0 amide bonds. The molecular formula is C10H19ClN2. The van der Waals surface area contributed by atoms with Crippen molar-refractivity contribution in [3.05, 3.63) is 24.0 Å². The molecule has 0 saturated heterocycles. The average molecular weight is 203 g/mol. The molecule has 1 heterocycles. The molecule has 2 nitrogen and oxygen atoms in total. The predicted molar refractivity (Wildman–Crippen MR) is 59.0 cm³/mol. The lowest BCUT2D eigenvalue weighted by atomic mass is 9.97. The van der Waals surface area contributed by atoms with Crippen molar-refractivity contribution in [2.24, 2.45) is 18.7 Å². The summed E-state index contributed by atoms with van der Waals surface area (Å²) < 4.78 is 2.09. The number of aromatic nitrogens is 1. The summed E-state index contributed by atoms with van der Waals surface area (Å²) in [5.41, 5.74) is 7.30. The van der Waals surface area contributed by atoms with Gasteiger partial charge in [-0.25, -0.2) is 0 Å². The fourth-order valence-corrected chi connectivity index (χ4v) is 1.37. The van der Waals surface area contributed by atoms with Crippen LogP contribution in [0, 0.1) is 5.92 Å². The third-order valence-corrected chi connectivity index (χ3v) is 2.58. The summed E-state index contributed by atoms with van der Waals surface area (Å²) in [6.45, 7) is 4.37. The van der Waals surface area contributed by atoms with E-state index in [1.54, 1.807) is 0 Å². The number of rotatable bonds is 3. The summed E-state index contributed by atoms with van der Waals surface area (Å²) in [6, 6.07) is 4.31. The van der Waals surface area contributed by atoms with E-state index in [0.29, 0.717) is 5.92 Å². The van der Waals surface area contributed by atoms with Crippen molar-refractivity contribution in [3.8, 4) is 0 Å². The van der Waals surface area contributed by atoms with Crippen LogP contribution in [0.2, 0.25) is 0 Å². The predicted octanol–water partition coefficient (Wildman–Crippen LogP) is 2.49. The lowest BCUT2D eigenvalue weighted by Gasteiger charge is -2.18. The van der Waals surface area contributed by atoms with Crippen LogP contribution in [0.5, 0.6) is 0 Å². The minimum Gasteiger partial charge on any atom is -0.353 e. The number of hydrogen-bond donors (Lipinski definition) is 1. The van der Waals surface area contributed by atoms with Crippen LogP contribution in [-0.4, -0.2) is 4.57 Å². The number of nitrogens with zero attached hydrogens (tertiary/aromatic N) is 1. The molecule has 3 heteroatoms. The van der Waals surface area contributed by atoms with E-state index in [0.717, 1.165) is 6.42 Å². The molecule has 0 aliphatic carbocycles. The maximum atomic E-state index is 6.07. The van der Waals surface area contributed by atoms with Gasteiger partial charge in [-0.1, -0.05) is 20.3 Å². The minimum atomic E-state index is 0. The van der Waals surface area contributed by atoms with Crippen LogP contribution in [0.1, 0.15) is 32.0 Å². The van der Waals surface area contributed by atoms with Crippen LogP contribution < -0.4 is 5.73 Å². The van der Waals surface area contributed by atoms with Gasteiger partial charge in [-0.15, -0.1) is 12.4 Å². The molecule has 1 aromatic rings. The normalized spacial score (nSPS) is 14.8. The largest absolute Gasteiger partial charge is 0.353 e. The number of nitrogens with two attached hydrogens (primary N) is 1. The molecule has 2 atom stereocenters. The molecular weight excluding hydrogens is 184 g/mol. The molecule has 1 aromatic heterocycles. The Hall–Kier alpha value is -0.470. The summed E-state index contributed by atoms with van der Waals surface area (Å²) in [5.74, 6) is 0.554. The Morgan fingerprint density at radius 3 is 2.54 bits per heavy atom. The highest BCUT2D eigenvalue weighted by Crippen LogP contribution is 2.21. The van der Waals surface area contributed by atoms with Crippen molar-refractivity contribution in [3.63, 3.8) is 0 Å². The first-order valence-corrected chi connectivity index (χ1v) is 4.53. The summed E-state index contributed by atoms with van der Waals surface area (Å²) in [5, 5.41) is 0. The van der Waals surface area contributed by atoms with Gasteiger partial charge in [0.1, 0.15) is 0 Å². The lowest BCUT2D eigenvalue weighted by molar-refractivity contribution is 0.439. The monoisotopic (exact) mass is 202 g/mol. The quantitative estimate of drug-likeness (QED) is 0.803. The van der Waals surface area contributed by atoms with Crippen molar-refractivity contribution >= 4 is 12.4 Å². The molecule has 0 aliphatic heterocycles. The first-order valence-electron chi connectivity index (χ1n) is 4.53. The van der Waals surface area contributed by atoms with Crippen molar-refractivity contribution in [2.75, 3.05) is 0 Å². The van der Waals surface area contributed by atoms with Crippen LogP contribution in [0.25, 0.3) is 0 Å². The molecule has 0 bridgehead atoms. The van der Waals surface area contributed by atoms with Gasteiger partial charge in [0, 0.05) is 25.0 Å². The summed E-state index contributed by atoms with van der Waals surface area (Å²) in [7, 11) is 2.04. The van der Waals surface area contributed by atoms with Gasteiger partial charge in [-0.2, -0.15) is 0 Å². The van der Waals surface area contributed by atoms with Gasteiger partial charge in [0.25, 0.3) is 0 Å². The SMILES string of the molecule is CCC(C)[C@@H](N)c1cccn1C.Cl. The molecule has 0 spiro atoms. The zero-order chi connectivity index (χ0) is 9.14. The van der Waals surface area contributed by atoms with Gasteiger partial charge in [0.15, 0.2) is 0 Å². The molecule has 0 fully saturated rings. The maximum Gasteiger partial charge on any atom is 0.0475 e. The van der Waals surface area contributed by atoms with Crippen molar-refractivity contribution in [1.29, 1.82) is 0 Å². The molecule has 1 unspecified atom stereocenters. The van der Waals surface area contributed by atoms with E-state index < -0.39 is 0 Å². The van der Waals surface area contributed by atoms with E-state index in [1.807, 2.05) is 19.3 Å². The zero-order valence-corrected chi connectivity index (χ0v) is 9.34. The Morgan fingerprint density at radius 2 is 2.15 bits per heavy atom. The van der Waals surface area contributed by atoms with E-state index in [2.05, 4.69) is 24.5 Å². The number of halogens is 1. The molecule has 76 valence electrons. The Morgan fingerprint density at radius 1 is 1.54 bits per heavy atom. The summed E-state index contributed by atoms with van der Waals surface area (Å²) in [4.78, 5) is 0. The lowest BCUT2D eigenvalue weighted by Crippen LogP contribution is -2.20. The van der Waals surface area contributed by atoms with Gasteiger partial charge in [-0.3, -0.25) is 0 Å². The number of aryl methyl sites for hydroxylation is 1. The zero-order valence-electron chi connectivity index (χ0n) is 8.53. The second kappa shape index (κ2) is 5.30. The first kappa shape index (κ1) is 12.5. The Balaban J connectivity index is 0.00000144. The Labute approximate surface area is 86.5 Å². The van der Waals surface area contributed by atoms with E-state index in [4.69, 9.17) is 5.73 Å². The standard InChI is InChI=1S/C10H18N2.ClH/c1-4-8(2)10(11)9-6-5-7-12(9)3;/h5-8,10H,4,11H2,1-3H3;1H/t8?,10-;/m1./s1. The summed E-state index contributed by atoms with van der Waals surface area (Å²) in [6.07, 6.45) is 3.17. The molecule has 0 aliphatic rings. The second-order valence-electron chi connectivity index (χ2n) is 3.46. The fourth-order valence-electron chi connectivity index (χ4n) is 1.37. The molecule has 0 saturated carbocycles. The van der Waals surface area contributed by atoms with Gasteiger partial charge >= 0.3 is 0 Å². The third-order valence-electron chi connectivity index (χ3n) is 2.58. The van der Waals surface area contributed by atoms with Gasteiger partial charge in [-0.05, 0) is 18.1 Å². The van der Waals surface area contributed by atoms with Crippen molar-refractivity contribution < 1.29 is 0 Å². The first-order chi connectivity index (χ1) is 5.66. The topological polar surface area (TPSA) is 30.9 Å².